The van der Waals surface area contributed by atoms with Crippen LogP contribution in [0.3, 0.4) is 0 Å². The summed E-state index contributed by atoms with van der Waals surface area (Å²) in [4.78, 5) is 43.9. The molecular weight excluding hydrogens is 488 g/mol. The number of para-hydroxylation sites is 1. The number of carbonyl (C=O) groups excluding carboxylic acids is 3. The summed E-state index contributed by atoms with van der Waals surface area (Å²) in [5, 5.41) is 11.8. The third kappa shape index (κ3) is 6.47. The van der Waals surface area contributed by atoms with Gasteiger partial charge in [-0.2, -0.15) is 0 Å². The molecule has 4 rings (SSSR count). The van der Waals surface area contributed by atoms with Gasteiger partial charge < -0.3 is 14.6 Å². The van der Waals surface area contributed by atoms with Crippen LogP contribution < -0.4 is 10.9 Å². The van der Waals surface area contributed by atoms with Crippen LogP contribution in [0.25, 0.3) is 0 Å². The number of aliphatic hydroxyl groups excluding tert-OH is 1. The number of rotatable bonds is 2. The molecule has 1 saturated heterocycles. The second-order valence-electron chi connectivity index (χ2n) is 11.6. The van der Waals surface area contributed by atoms with E-state index in [4.69, 9.17) is 15.3 Å². The van der Waals surface area contributed by atoms with Crippen LogP contribution in [-0.4, -0.2) is 69.6 Å². The first kappa shape index (κ1) is 28.3. The molecule has 38 heavy (non-hydrogen) atoms. The van der Waals surface area contributed by atoms with Crippen molar-refractivity contribution < 1.29 is 29.0 Å². The molecule has 0 aromatic heterocycles. The standard InChI is InChI=1S/C28H42N4O6/c1-28(2,3)38-27(36)31(20-13-7-5-4-6-8-14-20)22-18-19-12-9-10-15-21(19)32(29)25(34)24(33)30-17-11-16-23(30)37-26(22)35/h9-10,12,15,20,22-24,33H,4-8,11,13-14,16-18,29H2,1-3H3. The number of esters is 1. The second kappa shape index (κ2) is 12.0. The molecule has 2 aliphatic heterocycles. The Morgan fingerprint density at radius 3 is 2.39 bits per heavy atom. The third-order valence-electron chi connectivity index (χ3n) is 7.61. The molecule has 2 amide bonds. The SMILES string of the molecule is CC(C)(C)OC(=O)N(C1CCCCCCC1)C1Cc2ccccc2N(N)C(=O)C(O)N2CCCC2OC1=O. The number of hydrogen-bond acceptors (Lipinski definition) is 8. The van der Waals surface area contributed by atoms with E-state index < -0.39 is 42.1 Å². The zero-order valence-corrected chi connectivity index (χ0v) is 22.8. The number of hydrazine groups is 1. The Hall–Kier alpha value is -2.69. The number of fused-ring (bicyclic) bond motifs is 2. The number of aliphatic hydroxyl groups is 1. The topological polar surface area (TPSA) is 126 Å². The average Bonchev–Trinajstić information content (AvgIpc) is 3.29. The summed E-state index contributed by atoms with van der Waals surface area (Å²) in [5.74, 6) is 4.97. The van der Waals surface area contributed by atoms with Crippen LogP contribution in [0.15, 0.2) is 24.3 Å². The van der Waals surface area contributed by atoms with Gasteiger partial charge in [-0.3, -0.25) is 9.69 Å². The zero-order valence-electron chi connectivity index (χ0n) is 22.8. The van der Waals surface area contributed by atoms with Gasteiger partial charge in [0.2, 0.25) is 0 Å². The first-order valence-corrected chi connectivity index (χ1v) is 13.9. The van der Waals surface area contributed by atoms with Gasteiger partial charge in [0, 0.05) is 19.0 Å². The van der Waals surface area contributed by atoms with Crippen LogP contribution in [-0.2, 0) is 25.5 Å². The number of ether oxygens (including phenoxy) is 2. The van der Waals surface area contributed by atoms with Crippen molar-refractivity contribution >= 4 is 23.7 Å². The van der Waals surface area contributed by atoms with Crippen molar-refractivity contribution in [3.63, 3.8) is 0 Å². The van der Waals surface area contributed by atoms with E-state index in [1.807, 2.05) is 20.8 Å². The van der Waals surface area contributed by atoms with Crippen molar-refractivity contribution in [3.05, 3.63) is 29.8 Å². The van der Waals surface area contributed by atoms with Crippen LogP contribution in [0.5, 0.6) is 0 Å². The smallest absolute Gasteiger partial charge is 0.411 e. The van der Waals surface area contributed by atoms with Gasteiger partial charge in [0.15, 0.2) is 12.5 Å². The lowest BCUT2D eigenvalue weighted by Crippen LogP contribution is -2.55. The van der Waals surface area contributed by atoms with Gasteiger partial charge in [0.1, 0.15) is 11.6 Å². The van der Waals surface area contributed by atoms with Gasteiger partial charge in [-0.05, 0) is 58.1 Å². The van der Waals surface area contributed by atoms with Gasteiger partial charge in [-0.25, -0.2) is 25.3 Å². The highest BCUT2D eigenvalue weighted by Gasteiger charge is 2.44. The maximum absolute atomic E-state index is 14.0. The number of amides is 2. The van der Waals surface area contributed by atoms with Crippen molar-refractivity contribution in [2.45, 2.75) is 115 Å². The highest BCUT2D eigenvalue weighted by Crippen LogP contribution is 2.31. The Balaban J connectivity index is 1.79. The number of benzene rings is 1. The Bertz CT molecular complexity index is 1000. The van der Waals surface area contributed by atoms with E-state index in [0.29, 0.717) is 30.6 Å². The number of nitrogens with two attached hydrogens (primary N) is 1. The molecule has 210 valence electrons. The summed E-state index contributed by atoms with van der Waals surface area (Å²) >= 11 is 0. The molecule has 10 heteroatoms. The molecule has 0 radical (unpaired) electrons. The minimum Gasteiger partial charge on any atom is -0.445 e. The largest absolute Gasteiger partial charge is 0.445 e. The van der Waals surface area contributed by atoms with E-state index >= 15 is 0 Å². The van der Waals surface area contributed by atoms with Crippen molar-refractivity contribution in [2.75, 3.05) is 11.6 Å². The summed E-state index contributed by atoms with van der Waals surface area (Å²) < 4.78 is 11.8. The van der Waals surface area contributed by atoms with Crippen LogP contribution in [0.2, 0.25) is 0 Å². The maximum Gasteiger partial charge on any atom is 0.411 e. The highest BCUT2D eigenvalue weighted by molar-refractivity contribution is 5.96. The molecule has 1 aliphatic carbocycles. The van der Waals surface area contributed by atoms with Gasteiger partial charge >= 0.3 is 12.1 Å². The molecule has 0 bridgehead atoms. The molecule has 2 fully saturated rings. The lowest BCUT2D eigenvalue weighted by atomic mass is 9.93. The van der Waals surface area contributed by atoms with Crippen molar-refractivity contribution in [1.29, 1.82) is 0 Å². The molecule has 2 heterocycles. The number of nitrogens with zero attached hydrogens (tertiary/aromatic N) is 3. The van der Waals surface area contributed by atoms with Gasteiger partial charge in [-0.1, -0.05) is 50.3 Å². The van der Waals surface area contributed by atoms with Gasteiger partial charge in [-0.15, -0.1) is 0 Å². The minimum absolute atomic E-state index is 0.0918. The predicted molar refractivity (Wildman–Crippen MR) is 142 cm³/mol. The van der Waals surface area contributed by atoms with E-state index in [9.17, 15) is 19.5 Å². The van der Waals surface area contributed by atoms with E-state index in [-0.39, 0.29) is 12.5 Å². The summed E-state index contributed by atoms with van der Waals surface area (Å²) in [7, 11) is 0. The molecule has 0 spiro atoms. The van der Waals surface area contributed by atoms with Crippen molar-refractivity contribution in [3.8, 4) is 0 Å². The number of anilines is 1. The molecule has 1 saturated carbocycles. The molecule has 1 aromatic carbocycles. The maximum atomic E-state index is 14.0. The molecule has 3 aliphatic rings. The third-order valence-corrected chi connectivity index (χ3v) is 7.61. The summed E-state index contributed by atoms with van der Waals surface area (Å²) in [5.41, 5.74) is 0.215. The first-order valence-electron chi connectivity index (χ1n) is 13.9. The van der Waals surface area contributed by atoms with E-state index in [2.05, 4.69) is 0 Å². The fourth-order valence-electron chi connectivity index (χ4n) is 5.74. The Morgan fingerprint density at radius 2 is 1.71 bits per heavy atom. The monoisotopic (exact) mass is 530 g/mol. The normalized spacial score (nSPS) is 26.3. The summed E-state index contributed by atoms with van der Waals surface area (Å²) in [6.45, 7) is 5.80. The average molecular weight is 531 g/mol. The lowest BCUT2D eigenvalue weighted by Gasteiger charge is -2.39. The van der Waals surface area contributed by atoms with Crippen molar-refractivity contribution in [2.24, 2.45) is 5.84 Å². The molecule has 10 nitrogen and oxygen atoms in total. The highest BCUT2D eigenvalue weighted by atomic mass is 16.6. The minimum atomic E-state index is -1.56. The van der Waals surface area contributed by atoms with Crippen LogP contribution in [0.4, 0.5) is 10.5 Å². The fraction of sp³-hybridized carbons (Fsp3) is 0.679. The Morgan fingerprint density at radius 1 is 1.05 bits per heavy atom. The van der Waals surface area contributed by atoms with E-state index in [1.54, 1.807) is 29.2 Å². The Labute approximate surface area is 225 Å². The molecule has 3 unspecified atom stereocenters. The van der Waals surface area contributed by atoms with Crippen molar-refractivity contribution in [1.82, 2.24) is 9.80 Å². The molecule has 1 aromatic rings. The summed E-state index contributed by atoms with van der Waals surface area (Å²) in [6.07, 6.45) is 5.06. The van der Waals surface area contributed by atoms with Gasteiger partial charge in [0.05, 0.1) is 5.69 Å². The van der Waals surface area contributed by atoms with Crippen LogP contribution >= 0.6 is 0 Å². The van der Waals surface area contributed by atoms with Crippen LogP contribution in [0.1, 0.15) is 84.1 Å². The second-order valence-corrected chi connectivity index (χ2v) is 11.6. The molecule has 3 N–H and O–H groups in total. The predicted octanol–water partition coefficient (Wildman–Crippen LogP) is 3.45. The number of hydrogen-bond donors (Lipinski definition) is 2. The van der Waals surface area contributed by atoms with E-state index in [1.165, 1.54) is 4.90 Å². The Kier molecular flexibility index (Phi) is 8.95. The van der Waals surface area contributed by atoms with Gasteiger partial charge in [0.25, 0.3) is 5.91 Å². The quantitative estimate of drug-likeness (QED) is 0.338. The van der Waals surface area contributed by atoms with E-state index in [0.717, 1.165) is 50.0 Å². The van der Waals surface area contributed by atoms with Crippen LogP contribution in [0, 0.1) is 0 Å². The molecule has 3 atom stereocenters. The lowest BCUT2D eigenvalue weighted by molar-refractivity contribution is -0.175. The molecular formula is C28H42N4O6. The first-order chi connectivity index (χ1) is 18.1. The zero-order chi connectivity index (χ0) is 27.4. The number of carbonyl (C=O) groups is 3. The fourth-order valence-corrected chi connectivity index (χ4v) is 5.74. The summed E-state index contributed by atoms with van der Waals surface area (Å²) in [6, 6.07) is 5.80.